The molecule has 0 atom stereocenters. The first-order valence-electron chi connectivity index (χ1n) is 8.32. The van der Waals surface area contributed by atoms with Gasteiger partial charge < -0.3 is 12.5 Å². The van der Waals surface area contributed by atoms with E-state index in [9.17, 15) is 9.90 Å². The molecule has 0 unspecified atom stereocenters. The summed E-state index contributed by atoms with van der Waals surface area (Å²) in [5.41, 5.74) is 2.45. The van der Waals surface area contributed by atoms with Crippen LogP contribution in [-0.2, 0) is 46.2 Å². The molecule has 0 spiro atoms. The normalized spacial score (nSPS) is 9.73. The van der Waals surface area contributed by atoms with Crippen LogP contribution < -0.4 is 5.56 Å². The van der Waals surface area contributed by atoms with Gasteiger partial charge in [0.05, 0.1) is 10.6 Å². The smallest absolute Gasteiger partial charge is 0.263 e. The molecular weight excluding hydrogens is 421 g/mol. The van der Waals surface area contributed by atoms with Gasteiger partial charge in [-0.05, 0) is 30.9 Å². The second-order valence-electron chi connectivity index (χ2n) is 5.41. The Hall–Kier alpha value is -1.04. The molecule has 1 N–H and O–H groups in total. The minimum Gasteiger partial charge on any atom is -0.505 e. The van der Waals surface area contributed by atoms with Crippen molar-refractivity contribution in [2.45, 2.75) is 40.5 Å². The molecule has 6 heteroatoms. The topological polar surface area (TPSA) is 55.1 Å². The van der Waals surface area contributed by atoms with Crippen molar-refractivity contribution in [2.75, 3.05) is 0 Å². The van der Waals surface area contributed by atoms with Crippen LogP contribution in [0.2, 0.25) is 0 Å². The quantitative estimate of drug-likeness (QED) is 0.567. The summed E-state index contributed by atoms with van der Waals surface area (Å²) < 4.78 is 2.22. The van der Waals surface area contributed by atoms with Gasteiger partial charge in [-0.1, -0.05) is 45.0 Å². The molecule has 0 amide bonds. The number of hydrogen-bond donors (Lipinski definition) is 1. The third-order valence-corrected chi connectivity index (χ3v) is 4.93. The van der Waals surface area contributed by atoms with Crippen molar-refractivity contribution in [3.63, 3.8) is 0 Å². The van der Waals surface area contributed by atoms with E-state index in [4.69, 9.17) is 0 Å². The predicted octanol–water partition coefficient (Wildman–Crippen LogP) is 5.10. The average Bonchev–Trinajstić information content (AvgIpc) is 3.01. The van der Waals surface area contributed by atoms with Crippen LogP contribution in [-0.4, -0.2) is 14.7 Å². The van der Waals surface area contributed by atoms with Crippen LogP contribution in [0, 0.1) is 14.4 Å². The predicted molar refractivity (Wildman–Crippen MR) is 108 cm³/mol. The third-order valence-electron chi connectivity index (χ3n) is 3.82. The van der Waals surface area contributed by atoms with Crippen molar-refractivity contribution in [1.82, 2.24) is 9.55 Å². The standard InChI is InChI=1S/C17H18N2O2S.C2H6.CH3.Y/c1-4-7-12-18-16-15(22-12)14(20)13(17(21)19(16)3)11-9-6-5-8-10(11)2;1-2;;/h5-6,8-9,20H,4,7H2,1-3H3;1-2H3;1H3;/q;;-1;. The number of fused-ring (bicyclic) bond motifs is 1. The van der Waals surface area contributed by atoms with Crippen LogP contribution in [0.4, 0.5) is 0 Å². The Morgan fingerprint density at radius 3 is 2.42 bits per heavy atom. The van der Waals surface area contributed by atoms with Crippen LogP contribution in [0.25, 0.3) is 21.5 Å². The molecule has 0 saturated carbocycles. The number of benzene rings is 1. The second-order valence-corrected chi connectivity index (χ2v) is 6.50. The van der Waals surface area contributed by atoms with Gasteiger partial charge in [0.25, 0.3) is 5.56 Å². The fraction of sp³-hybridized carbons (Fsp3) is 0.350. The molecule has 139 valence electrons. The van der Waals surface area contributed by atoms with Gasteiger partial charge in [0.2, 0.25) is 0 Å². The zero-order valence-corrected chi connectivity index (χ0v) is 20.1. The molecule has 2 heterocycles. The summed E-state index contributed by atoms with van der Waals surface area (Å²) in [5.74, 6) is 0.0484. The van der Waals surface area contributed by atoms with E-state index in [-0.39, 0.29) is 51.4 Å². The Kier molecular flexibility index (Phi) is 10.5. The monoisotopic (exact) mass is 448 g/mol. The Bertz CT molecular complexity index is 916. The fourth-order valence-corrected chi connectivity index (χ4v) is 3.78. The van der Waals surface area contributed by atoms with Crippen molar-refractivity contribution < 1.29 is 37.8 Å². The molecule has 3 rings (SSSR count). The maximum absolute atomic E-state index is 12.7. The zero-order chi connectivity index (χ0) is 17.9. The first-order chi connectivity index (χ1) is 11.5. The van der Waals surface area contributed by atoms with Gasteiger partial charge in [0.15, 0.2) is 5.65 Å². The fourth-order valence-electron chi connectivity index (χ4n) is 2.63. The molecule has 1 radical (unpaired) electrons. The van der Waals surface area contributed by atoms with E-state index in [1.54, 1.807) is 7.05 Å². The number of aromatic hydroxyl groups is 1. The van der Waals surface area contributed by atoms with Crippen LogP contribution in [0.15, 0.2) is 29.1 Å². The molecule has 3 aromatic rings. The number of pyridine rings is 1. The summed E-state index contributed by atoms with van der Waals surface area (Å²) in [6.07, 6.45) is 1.84. The van der Waals surface area contributed by atoms with Gasteiger partial charge in [-0.3, -0.25) is 9.36 Å². The number of aromatic nitrogens is 2. The van der Waals surface area contributed by atoms with Crippen molar-refractivity contribution in [2.24, 2.45) is 7.05 Å². The molecule has 1 aromatic carbocycles. The molecule has 0 fully saturated rings. The van der Waals surface area contributed by atoms with Crippen LogP contribution in [0.1, 0.15) is 37.8 Å². The SMILES string of the molecule is CC.CCCc1nc2c(s1)c(O)c(-c1ccccc1C)c(=O)n2C.[CH3-].[Y]. The van der Waals surface area contributed by atoms with Crippen molar-refractivity contribution >= 4 is 21.7 Å². The van der Waals surface area contributed by atoms with E-state index >= 15 is 0 Å². The van der Waals surface area contributed by atoms with Crippen molar-refractivity contribution in [3.05, 3.63) is 52.6 Å². The Labute approximate surface area is 185 Å². The summed E-state index contributed by atoms with van der Waals surface area (Å²) >= 11 is 1.47. The van der Waals surface area contributed by atoms with E-state index in [0.29, 0.717) is 15.9 Å². The maximum Gasteiger partial charge on any atom is 0.263 e. The van der Waals surface area contributed by atoms with Gasteiger partial charge in [-0.25, -0.2) is 4.98 Å². The molecule has 26 heavy (non-hydrogen) atoms. The molecule has 0 aliphatic rings. The van der Waals surface area contributed by atoms with Gasteiger partial charge in [0, 0.05) is 39.8 Å². The van der Waals surface area contributed by atoms with Gasteiger partial charge in [-0.15, -0.1) is 11.3 Å². The van der Waals surface area contributed by atoms with Crippen LogP contribution in [0.3, 0.4) is 0 Å². The second kappa shape index (κ2) is 11.0. The van der Waals surface area contributed by atoms with Crippen molar-refractivity contribution in [3.8, 4) is 16.9 Å². The van der Waals surface area contributed by atoms with Gasteiger partial charge in [-0.2, -0.15) is 0 Å². The maximum atomic E-state index is 12.7. The van der Waals surface area contributed by atoms with Gasteiger partial charge >= 0.3 is 0 Å². The Morgan fingerprint density at radius 2 is 1.85 bits per heavy atom. The number of hydrogen-bond acceptors (Lipinski definition) is 4. The summed E-state index contributed by atoms with van der Waals surface area (Å²) in [6.45, 7) is 8.03. The molecule has 2 aromatic heterocycles. The number of rotatable bonds is 3. The first kappa shape index (κ1) is 25.0. The molecule has 0 aliphatic heterocycles. The largest absolute Gasteiger partial charge is 0.505 e. The van der Waals surface area contributed by atoms with E-state index in [2.05, 4.69) is 11.9 Å². The Morgan fingerprint density at radius 1 is 1.23 bits per heavy atom. The summed E-state index contributed by atoms with van der Waals surface area (Å²) in [5, 5.41) is 11.6. The zero-order valence-electron chi connectivity index (χ0n) is 16.5. The summed E-state index contributed by atoms with van der Waals surface area (Å²) in [6, 6.07) is 7.60. The first-order valence-corrected chi connectivity index (χ1v) is 9.13. The van der Waals surface area contributed by atoms with E-state index in [1.807, 2.05) is 45.0 Å². The van der Waals surface area contributed by atoms with E-state index in [1.165, 1.54) is 15.9 Å². The Balaban J connectivity index is 0.00000151. The molecule has 0 aliphatic carbocycles. The molecular formula is C20H27N2O2SY-. The van der Waals surface area contributed by atoms with E-state index < -0.39 is 0 Å². The third kappa shape index (κ3) is 4.62. The minimum absolute atomic E-state index is 0. The molecule has 0 bridgehead atoms. The number of thiazole rings is 1. The summed E-state index contributed by atoms with van der Waals surface area (Å²) in [4.78, 5) is 17.2. The van der Waals surface area contributed by atoms with Crippen LogP contribution >= 0.6 is 11.3 Å². The minimum atomic E-state index is -0.215. The summed E-state index contributed by atoms with van der Waals surface area (Å²) in [7, 11) is 1.71. The molecule has 4 nitrogen and oxygen atoms in total. The van der Waals surface area contributed by atoms with Gasteiger partial charge in [0.1, 0.15) is 10.4 Å². The van der Waals surface area contributed by atoms with E-state index in [0.717, 1.165) is 29.0 Å². The molecule has 0 saturated heterocycles. The van der Waals surface area contributed by atoms with Crippen LogP contribution in [0.5, 0.6) is 5.75 Å². The van der Waals surface area contributed by atoms with Crippen molar-refractivity contribution in [1.29, 1.82) is 0 Å². The average molecular weight is 448 g/mol. The number of aryl methyl sites for hydroxylation is 3. The number of nitrogens with zero attached hydrogens (tertiary/aromatic N) is 2.